The highest BCUT2D eigenvalue weighted by molar-refractivity contribution is 5.97. The first kappa shape index (κ1) is 27.8. The minimum Gasteiger partial charge on any atom is -0.451 e. The number of amides is 2. The van der Waals surface area contributed by atoms with Gasteiger partial charge in [-0.05, 0) is 51.8 Å². The molecule has 3 aliphatic heterocycles. The number of rotatable bonds is 7. The average Bonchev–Trinajstić information content (AvgIpc) is 3.38. The Morgan fingerprint density at radius 1 is 1.27 bits per heavy atom. The Bertz CT molecular complexity index is 1300. The first-order valence-electron chi connectivity index (χ1n) is 14.0. The molecule has 0 unspecified atom stereocenters. The van der Waals surface area contributed by atoms with Crippen molar-refractivity contribution in [2.75, 3.05) is 44.2 Å². The Labute approximate surface area is 234 Å². The van der Waals surface area contributed by atoms with Gasteiger partial charge in [0.15, 0.2) is 11.6 Å². The van der Waals surface area contributed by atoms with Gasteiger partial charge in [-0.1, -0.05) is 0 Å². The van der Waals surface area contributed by atoms with Gasteiger partial charge in [0.1, 0.15) is 18.2 Å². The Kier molecular flexibility index (Phi) is 7.90. The van der Waals surface area contributed by atoms with Crippen molar-refractivity contribution in [1.82, 2.24) is 25.1 Å². The molecule has 1 N–H and O–H groups in total. The lowest BCUT2D eigenvalue weighted by Crippen LogP contribution is -2.62. The van der Waals surface area contributed by atoms with E-state index in [1.807, 2.05) is 25.7 Å². The second-order valence-electron chi connectivity index (χ2n) is 11.3. The molecule has 0 saturated carbocycles. The third-order valence-corrected chi connectivity index (χ3v) is 8.31. The maximum Gasteiger partial charge on any atom is 0.257 e. The summed E-state index contributed by atoms with van der Waals surface area (Å²) in [6.07, 6.45) is 4.12. The van der Waals surface area contributed by atoms with Crippen LogP contribution in [0.5, 0.6) is 11.5 Å². The predicted molar refractivity (Wildman–Crippen MR) is 147 cm³/mol. The molecule has 212 valence electrons. The molecule has 3 fully saturated rings. The quantitative estimate of drug-likeness (QED) is 0.560. The SMILES string of the molecule is CCN(C(=O)c1cc(C#N)ccc1Oc1cncnc1N1CC2(CCN(C(=O)[C@@H]3C[C@@H](F)CN3)CC2)C1)C(C)C. The molecule has 2 atom stereocenters. The minimum atomic E-state index is -0.950. The molecule has 10 nitrogen and oxygen atoms in total. The van der Waals surface area contributed by atoms with Crippen LogP contribution in [-0.4, -0.2) is 89.1 Å². The number of hydrogen-bond acceptors (Lipinski definition) is 8. The molecule has 4 heterocycles. The van der Waals surface area contributed by atoms with Gasteiger partial charge in [0.2, 0.25) is 5.91 Å². The number of nitrogens with one attached hydrogen (secondary N) is 1. The highest BCUT2D eigenvalue weighted by Crippen LogP contribution is 2.45. The molecular formula is C29H36FN7O3. The van der Waals surface area contributed by atoms with Crippen LogP contribution in [0.15, 0.2) is 30.7 Å². The van der Waals surface area contributed by atoms with Gasteiger partial charge in [0.05, 0.1) is 29.4 Å². The topological polar surface area (TPSA) is 115 Å². The van der Waals surface area contributed by atoms with Crippen LogP contribution in [0.3, 0.4) is 0 Å². The number of alkyl halides is 1. The number of hydrogen-bond donors (Lipinski definition) is 1. The van der Waals surface area contributed by atoms with Gasteiger partial charge in [-0.3, -0.25) is 9.59 Å². The number of likely N-dealkylation sites (tertiary alicyclic amines) is 1. The van der Waals surface area contributed by atoms with E-state index in [0.29, 0.717) is 48.1 Å². The summed E-state index contributed by atoms with van der Waals surface area (Å²) in [6.45, 7) is 9.46. The summed E-state index contributed by atoms with van der Waals surface area (Å²) in [6, 6.07) is 6.52. The molecule has 11 heteroatoms. The lowest BCUT2D eigenvalue weighted by molar-refractivity contribution is -0.135. The van der Waals surface area contributed by atoms with Gasteiger partial charge in [-0.15, -0.1) is 0 Å². The van der Waals surface area contributed by atoms with Crippen molar-refractivity contribution in [1.29, 1.82) is 5.26 Å². The van der Waals surface area contributed by atoms with Gasteiger partial charge in [-0.25, -0.2) is 14.4 Å². The van der Waals surface area contributed by atoms with Crippen molar-refractivity contribution in [3.05, 3.63) is 41.9 Å². The van der Waals surface area contributed by atoms with E-state index in [1.165, 1.54) is 6.33 Å². The number of halogens is 1. The fraction of sp³-hybridized carbons (Fsp3) is 0.552. The second kappa shape index (κ2) is 11.4. The van der Waals surface area contributed by atoms with E-state index in [-0.39, 0.29) is 36.2 Å². The molecule has 3 aliphatic rings. The summed E-state index contributed by atoms with van der Waals surface area (Å²) < 4.78 is 19.8. The van der Waals surface area contributed by atoms with Crippen LogP contribution < -0.4 is 15.0 Å². The van der Waals surface area contributed by atoms with Gasteiger partial charge >= 0.3 is 0 Å². The summed E-state index contributed by atoms with van der Waals surface area (Å²) in [5.41, 5.74) is 0.777. The fourth-order valence-corrected chi connectivity index (χ4v) is 6.02. The molecular weight excluding hydrogens is 513 g/mol. The number of piperidine rings is 1. The van der Waals surface area contributed by atoms with Crippen molar-refractivity contribution in [3.8, 4) is 17.6 Å². The molecule has 3 saturated heterocycles. The van der Waals surface area contributed by atoms with Crippen LogP contribution >= 0.6 is 0 Å². The number of ether oxygens (including phenoxy) is 1. The van der Waals surface area contributed by atoms with Crippen LogP contribution in [-0.2, 0) is 4.79 Å². The fourth-order valence-electron chi connectivity index (χ4n) is 6.02. The van der Waals surface area contributed by atoms with Crippen LogP contribution in [0.1, 0.15) is 56.0 Å². The average molecular weight is 550 g/mol. The van der Waals surface area contributed by atoms with Crippen molar-refractivity contribution in [3.63, 3.8) is 0 Å². The number of aromatic nitrogens is 2. The lowest BCUT2D eigenvalue weighted by atomic mass is 9.72. The summed E-state index contributed by atoms with van der Waals surface area (Å²) in [5, 5.41) is 12.4. The van der Waals surface area contributed by atoms with E-state index in [2.05, 4.69) is 26.3 Å². The first-order chi connectivity index (χ1) is 19.2. The maximum absolute atomic E-state index is 13.6. The van der Waals surface area contributed by atoms with E-state index < -0.39 is 12.2 Å². The molecule has 0 aliphatic carbocycles. The Balaban J connectivity index is 1.28. The number of carbonyl (C=O) groups excluding carboxylic acids is 2. The molecule has 0 radical (unpaired) electrons. The van der Waals surface area contributed by atoms with Crippen LogP contribution in [0.25, 0.3) is 0 Å². The summed E-state index contributed by atoms with van der Waals surface area (Å²) in [4.78, 5) is 40.6. The van der Waals surface area contributed by atoms with Crippen molar-refractivity contribution in [2.24, 2.45) is 5.41 Å². The van der Waals surface area contributed by atoms with Crippen LogP contribution in [0.2, 0.25) is 0 Å². The zero-order valence-electron chi connectivity index (χ0n) is 23.3. The van der Waals surface area contributed by atoms with E-state index in [0.717, 1.165) is 25.9 Å². The third-order valence-electron chi connectivity index (χ3n) is 8.31. The van der Waals surface area contributed by atoms with Crippen LogP contribution in [0.4, 0.5) is 10.2 Å². The van der Waals surface area contributed by atoms with E-state index in [9.17, 15) is 19.2 Å². The van der Waals surface area contributed by atoms with Crippen LogP contribution in [0, 0.1) is 16.7 Å². The predicted octanol–water partition coefficient (Wildman–Crippen LogP) is 3.14. The van der Waals surface area contributed by atoms with E-state index >= 15 is 0 Å². The summed E-state index contributed by atoms with van der Waals surface area (Å²) in [7, 11) is 0. The van der Waals surface area contributed by atoms with Gasteiger partial charge < -0.3 is 24.8 Å². The molecule has 5 rings (SSSR count). The molecule has 1 aromatic heterocycles. The van der Waals surface area contributed by atoms with Crippen molar-refractivity contribution >= 4 is 17.6 Å². The zero-order valence-corrected chi connectivity index (χ0v) is 23.3. The Hall–Kier alpha value is -3.78. The standard InChI is InChI=1S/C29H36FN7O3/c1-4-37(19(2)3)27(38)22-11-20(13-31)5-6-24(22)40-25-15-32-18-34-26(25)36-16-29(17-36)7-9-35(10-8-29)28(39)23-12-21(30)14-33-23/h5-6,11,15,18-19,21,23,33H,4,7-10,12,14,16-17H2,1-3H3/t21-,23+/m1/s1. The Morgan fingerprint density at radius 3 is 2.65 bits per heavy atom. The molecule has 2 aromatic rings. The largest absolute Gasteiger partial charge is 0.451 e. The van der Waals surface area contributed by atoms with Gasteiger partial charge in [0, 0.05) is 57.1 Å². The summed E-state index contributed by atoms with van der Waals surface area (Å²) >= 11 is 0. The van der Waals surface area contributed by atoms with Gasteiger partial charge in [0.25, 0.3) is 5.91 Å². The maximum atomic E-state index is 13.6. The zero-order chi connectivity index (χ0) is 28.4. The number of nitrogens with zero attached hydrogens (tertiary/aromatic N) is 6. The van der Waals surface area contributed by atoms with Gasteiger partial charge in [-0.2, -0.15) is 5.26 Å². The van der Waals surface area contributed by atoms with Crippen molar-refractivity contribution in [2.45, 2.75) is 58.3 Å². The van der Waals surface area contributed by atoms with E-state index in [1.54, 1.807) is 29.3 Å². The first-order valence-corrected chi connectivity index (χ1v) is 14.0. The number of benzene rings is 1. The van der Waals surface area contributed by atoms with Crippen molar-refractivity contribution < 1.29 is 18.7 Å². The molecule has 2 amide bonds. The highest BCUT2D eigenvalue weighted by atomic mass is 19.1. The normalized spacial score (nSPS) is 21.7. The number of anilines is 1. The molecule has 0 bridgehead atoms. The smallest absolute Gasteiger partial charge is 0.257 e. The second-order valence-corrected chi connectivity index (χ2v) is 11.3. The molecule has 40 heavy (non-hydrogen) atoms. The monoisotopic (exact) mass is 549 g/mol. The molecule has 1 aromatic carbocycles. The summed E-state index contributed by atoms with van der Waals surface area (Å²) in [5.74, 6) is 1.22. The minimum absolute atomic E-state index is 0.00420. The third kappa shape index (κ3) is 5.45. The Morgan fingerprint density at radius 2 is 2.02 bits per heavy atom. The number of carbonyl (C=O) groups is 2. The highest BCUT2D eigenvalue weighted by Gasteiger charge is 2.47. The lowest BCUT2D eigenvalue weighted by Gasteiger charge is -2.54. The van der Waals surface area contributed by atoms with E-state index in [4.69, 9.17) is 4.74 Å². The number of nitriles is 1. The molecule has 1 spiro atoms.